The van der Waals surface area contributed by atoms with Gasteiger partial charge in [-0.15, -0.1) is 0 Å². The van der Waals surface area contributed by atoms with Gasteiger partial charge in [0.25, 0.3) is 0 Å². The van der Waals surface area contributed by atoms with Crippen LogP contribution in [0.15, 0.2) is 30.3 Å². The van der Waals surface area contributed by atoms with Gasteiger partial charge in [-0.1, -0.05) is 30.3 Å². The highest BCUT2D eigenvalue weighted by atomic mass is 16.2. The van der Waals surface area contributed by atoms with Gasteiger partial charge in [0.05, 0.1) is 0 Å². The van der Waals surface area contributed by atoms with Gasteiger partial charge in [-0.3, -0.25) is 4.79 Å². The van der Waals surface area contributed by atoms with Crippen LogP contribution in [0.2, 0.25) is 0 Å². The zero-order valence-electron chi connectivity index (χ0n) is 11.3. The summed E-state index contributed by atoms with van der Waals surface area (Å²) in [5.41, 5.74) is 7.56. The molecule has 0 atom stereocenters. The third-order valence-corrected chi connectivity index (χ3v) is 4.49. The van der Waals surface area contributed by atoms with E-state index in [1.54, 1.807) is 0 Å². The maximum atomic E-state index is 12.0. The van der Waals surface area contributed by atoms with Crippen molar-refractivity contribution in [2.24, 2.45) is 11.1 Å². The molecule has 19 heavy (non-hydrogen) atoms. The topological polar surface area (TPSA) is 46.3 Å². The molecule has 2 aliphatic rings. The van der Waals surface area contributed by atoms with Crippen LogP contribution in [0.5, 0.6) is 0 Å². The molecule has 1 aliphatic carbocycles. The quantitative estimate of drug-likeness (QED) is 0.897. The smallest absolute Gasteiger partial charge is 0.222 e. The SMILES string of the molecule is NC1CC2(C1)CN(C(=O)CCCc1ccccc1)C2. The van der Waals surface area contributed by atoms with E-state index < -0.39 is 0 Å². The lowest BCUT2D eigenvalue weighted by molar-refractivity contribution is -0.151. The molecule has 3 rings (SSSR count). The average Bonchev–Trinajstić information content (AvgIpc) is 2.33. The van der Waals surface area contributed by atoms with Crippen LogP contribution in [0.1, 0.15) is 31.2 Å². The van der Waals surface area contributed by atoms with Crippen molar-refractivity contribution in [1.82, 2.24) is 4.90 Å². The fourth-order valence-electron chi connectivity index (χ4n) is 3.50. The second-order valence-electron chi connectivity index (χ2n) is 6.26. The van der Waals surface area contributed by atoms with Crippen LogP contribution >= 0.6 is 0 Å². The monoisotopic (exact) mass is 258 g/mol. The molecule has 0 unspecified atom stereocenters. The molecule has 3 heteroatoms. The van der Waals surface area contributed by atoms with Gasteiger partial charge < -0.3 is 10.6 Å². The van der Waals surface area contributed by atoms with E-state index in [0.29, 0.717) is 23.8 Å². The van der Waals surface area contributed by atoms with Crippen molar-refractivity contribution in [2.75, 3.05) is 13.1 Å². The van der Waals surface area contributed by atoms with Crippen LogP contribution in [0, 0.1) is 5.41 Å². The summed E-state index contributed by atoms with van der Waals surface area (Å²) in [6, 6.07) is 10.8. The average molecular weight is 258 g/mol. The highest BCUT2D eigenvalue weighted by Gasteiger charge is 2.52. The van der Waals surface area contributed by atoms with E-state index >= 15 is 0 Å². The molecule has 0 bridgehead atoms. The van der Waals surface area contributed by atoms with Crippen LogP contribution in [-0.2, 0) is 11.2 Å². The fourth-order valence-corrected chi connectivity index (χ4v) is 3.50. The summed E-state index contributed by atoms with van der Waals surface area (Å²) >= 11 is 0. The maximum absolute atomic E-state index is 12.0. The predicted octanol–water partition coefficient (Wildman–Crippen LogP) is 1.96. The summed E-state index contributed by atoms with van der Waals surface area (Å²) in [6.07, 6.45) is 4.85. The number of amides is 1. The fraction of sp³-hybridized carbons (Fsp3) is 0.562. The number of carbonyl (C=O) groups is 1. The first kappa shape index (κ1) is 12.7. The number of hydrogen-bond donors (Lipinski definition) is 1. The molecule has 1 spiro atoms. The number of nitrogens with zero attached hydrogens (tertiary/aromatic N) is 1. The standard InChI is InChI=1S/C16H22N2O/c17-14-9-16(10-14)11-18(12-16)15(19)8-4-7-13-5-2-1-3-6-13/h1-3,5-6,14H,4,7-12,17H2. The van der Waals surface area contributed by atoms with Crippen molar-refractivity contribution in [3.05, 3.63) is 35.9 Å². The summed E-state index contributed by atoms with van der Waals surface area (Å²) < 4.78 is 0. The van der Waals surface area contributed by atoms with Gasteiger partial charge in [-0.05, 0) is 31.2 Å². The first-order valence-corrected chi connectivity index (χ1v) is 7.24. The Labute approximate surface area is 114 Å². The Balaban J connectivity index is 1.37. The van der Waals surface area contributed by atoms with E-state index in [9.17, 15) is 4.79 Å². The molecule has 1 aliphatic heterocycles. The lowest BCUT2D eigenvalue weighted by Crippen LogP contribution is -2.66. The molecule has 0 aromatic heterocycles. The third kappa shape index (κ3) is 2.66. The van der Waals surface area contributed by atoms with E-state index in [0.717, 1.165) is 38.8 Å². The molecule has 1 aromatic rings. The maximum Gasteiger partial charge on any atom is 0.222 e. The highest BCUT2D eigenvalue weighted by Crippen LogP contribution is 2.47. The molecule has 1 saturated carbocycles. The van der Waals surface area contributed by atoms with Crippen LogP contribution in [0.4, 0.5) is 0 Å². The molecule has 3 nitrogen and oxygen atoms in total. The Morgan fingerprint density at radius 3 is 2.58 bits per heavy atom. The lowest BCUT2D eigenvalue weighted by Gasteiger charge is -2.58. The second-order valence-corrected chi connectivity index (χ2v) is 6.26. The molecule has 2 N–H and O–H groups in total. The van der Waals surface area contributed by atoms with E-state index in [1.165, 1.54) is 5.56 Å². The number of aryl methyl sites for hydroxylation is 1. The summed E-state index contributed by atoms with van der Waals surface area (Å²) in [7, 11) is 0. The molecule has 1 saturated heterocycles. The molecular formula is C16H22N2O. The molecular weight excluding hydrogens is 236 g/mol. The number of likely N-dealkylation sites (tertiary alicyclic amines) is 1. The molecule has 1 heterocycles. The van der Waals surface area contributed by atoms with Crippen LogP contribution in [-0.4, -0.2) is 29.9 Å². The second kappa shape index (κ2) is 4.97. The van der Waals surface area contributed by atoms with Crippen LogP contribution < -0.4 is 5.73 Å². The van der Waals surface area contributed by atoms with Crippen molar-refractivity contribution in [3.63, 3.8) is 0 Å². The normalized spacial score (nSPS) is 21.0. The molecule has 0 radical (unpaired) electrons. The van der Waals surface area contributed by atoms with Crippen LogP contribution in [0.25, 0.3) is 0 Å². The van der Waals surface area contributed by atoms with E-state index in [-0.39, 0.29) is 0 Å². The first-order valence-electron chi connectivity index (χ1n) is 7.24. The minimum absolute atomic E-state index is 0.321. The van der Waals surface area contributed by atoms with E-state index in [1.807, 2.05) is 11.0 Å². The highest BCUT2D eigenvalue weighted by molar-refractivity contribution is 5.77. The minimum atomic E-state index is 0.321. The van der Waals surface area contributed by atoms with Crippen molar-refractivity contribution >= 4 is 5.91 Å². The minimum Gasteiger partial charge on any atom is -0.341 e. The van der Waals surface area contributed by atoms with E-state index in [4.69, 9.17) is 5.73 Å². The lowest BCUT2D eigenvalue weighted by atomic mass is 9.61. The largest absolute Gasteiger partial charge is 0.341 e. The van der Waals surface area contributed by atoms with Gasteiger partial charge in [0, 0.05) is 31.0 Å². The Hall–Kier alpha value is -1.35. The summed E-state index contributed by atoms with van der Waals surface area (Å²) in [4.78, 5) is 14.0. The summed E-state index contributed by atoms with van der Waals surface area (Å²) in [5, 5.41) is 0. The Morgan fingerprint density at radius 1 is 1.26 bits per heavy atom. The van der Waals surface area contributed by atoms with Crippen molar-refractivity contribution in [3.8, 4) is 0 Å². The van der Waals surface area contributed by atoms with Crippen molar-refractivity contribution < 1.29 is 4.79 Å². The zero-order valence-corrected chi connectivity index (χ0v) is 11.3. The van der Waals surface area contributed by atoms with Gasteiger partial charge in [0.15, 0.2) is 0 Å². The molecule has 1 aromatic carbocycles. The van der Waals surface area contributed by atoms with Crippen LogP contribution in [0.3, 0.4) is 0 Å². The van der Waals surface area contributed by atoms with E-state index in [2.05, 4.69) is 24.3 Å². The molecule has 102 valence electrons. The first-order chi connectivity index (χ1) is 9.17. The number of carbonyl (C=O) groups excluding carboxylic acids is 1. The number of benzene rings is 1. The predicted molar refractivity (Wildman–Crippen MR) is 75.6 cm³/mol. The summed E-state index contributed by atoms with van der Waals surface area (Å²) in [6.45, 7) is 1.90. The van der Waals surface area contributed by atoms with Crippen molar-refractivity contribution in [1.29, 1.82) is 0 Å². The Morgan fingerprint density at radius 2 is 1.95 bits per heavy atom. The molecule has 2 fully saturated rings. The number of rotatable bonds is 4. The van der Waals surface area contributed by atoms with Gasteiger partial charge in [-0.25, -0.2) is 0 Å². The van der Waals surface area contributed by atoms with Gasteiger partial charge >= 0.3 is 0 Å². The van der Waals surface area contributed by atoms with Gasteiger partial charge in [-0.2, -0.15) is 0 Å². The third-order valence-electron chi connectivity index (χ3n) is 4.49. The summed E-state index contributed by atoms with van der Waals surface area (Å²) in [5.74, 6) is 0.321. The van der Waals surface area contributed by atoms with Gasteiger partial charge in [0.1, 0.15) is 0 Å². The number of nitrogens with two attached hydrogens (primary N) is 1. The molecule has 1 amide bonds. The zero-order chi connectivity index (χ0) is 13.3. The Kier molecular flexibility index (Phi) is 3.31. The Bertz CT molecular complexity index is 443. The van der Waals surface area contributed by atoms with Crippen molar-refractivity contribution in [2.45, 2.75) is 38.1 Å². The van der Waals surface area contributed by atoms with Gasteiger partial charge in [0.2, 0.25) is 5.91 Å². The number of hydrogen-bond acceptors (Lipinski definition) is 2.